The largest absolute Gasteiger partial charge is 0.462 e. The predicted octanol–water partition coefficient (Wildman–Crippen LogP) is 2.12. The van der Waals surface area contributed by atoms with Gasteiger partial charge in [0.2, 0.25) is 0 Å². The third-order valence-corrected chi connectivity index (χ3v) is 4.86. The normalized spacial score (nSPS) is 15.6. The van der Waals surface area contributed by atoms with Crippen LogP contribution in [0, 0.1) is 0 Å². The molecule has 6 nitrogen and oxygen atoms in total. The summed E-state index contributed by atoms with van der Waals surface area (Å²) in [5, 5.41) is 1.36. The Morgan fingerprint density at radius 3 is 2.52 bits per heavy atom. The maximum absolute atomic E-state index is 12.9. The summed E-state index contributed by atoms with van der Waals surface area (Å²) in [6.07, 6.45) is 0. The van der Waals surface area contributed by atoms with Crippen molar-refractivity contribution in [2.24, 2.45) is 7.05 Å². The lowest BCUT2D eigenvalue weighted by Gasteiger charge is -2.35. The molecule has 0 radical (unpaired) electrons. The molecule has 25 heavy (non-hydrogen) atoms. The molecule has 3 rings (SSSR count). The number of piperazine rings is 1. The molecule has 0 saturated carbocycles. The van der Waals surface area contributed by atoms with Crippen LogP contribution in [-0.2, 0) is 11.8 Å². The highest BCUT2D eigenvalue weighted by atomic mass is 35.5. The lowest BCUT2D eigenvalue weighted by molar-refractivity contribution is 0.0524. The van der Waals surface area contributed by atoms with Crippen molar-refractivity contribution in [1.29, 1.82) is 0 Å². The summed E-state index contributed by atoms with van der Waals surface area (Å²) in [4.78, 5) is 29.8. The maximum Gasteiger partial charge on any atom is 0.345 e. The first-order valence-corrected chi connectivity index (χ1v) is 8.74. The number of benzene rings is 1. The van der Waals surface area contributed by atoms with Gasteiger partial charge in [0.25, 0.3) is 5.56 Å². The first kappa shape index (κ1) is 17.8. The Bertz CT molecular complexity index is 870. The van der Waals surface area contributed by atoms with E-state index in [0.717, 1.165) is 37.1 Å². The van der Waals surface area contributed by atoms with E-state index in [9.17, 15) is 9.59 Å². The van der Waals surface area contributed by atoms with Gasteiger partial charge in [0.05, 0.1) is 17.8 Å². The molecular formula is C18H22ClN3O3. The second-order valence-electron chi connectivity index (χ2n) is 6.26. The van der Waals surface area contributed by atoms with Crippen molar-refractivity contribution >= 4 is 34.2 Å². The molecule has 0 atom stereocenters. The Morgan fingerprint density at radius 2 is 1.88 bits per heavy atom. The number of hydrogen-bond donors (Lipinski definition) is 0. The third kappa shape index (κ3) is 3.24. The van der Waals surface area contributed by atoms with E-state index < -0.39 is 5.97 Å². The average Bonchev–Trinajstić information content (AvgIpc) is 2.59. The van der Waals surface area contributed by atoms with Gasteiger partial charge >= 0.3 is 5.97 Å². The summed E-state index contributed by atoms with van der Waals surface area (Å²) in [5.74, 6) is -0.584. The first-order valence-electron chi connectivity index (χ1n) is 8.37. The van der Waals surface area contributed by atoms with Gasteiger partial charge in [-0.1, -0.05) is 11.6 Å². The minimum absolute atomic E-state index is 0.0867. The Labute approximate surface area is 151 Å². The Hall–Kier alpha value is -2.05. The van der Waals surface area contributed by atoms with E-state index in [0.29, 0.717) is 10.7 Å². The number of aryl methyl sites for hydroxylation is 1. The molecule has 0 aliphatic carbocycles. The fourth-order valence-electron chi connectivity index (χ4n) is 3.25. The van der Waals surface area contributed by atoms with Crippen LogP contribution in [-0.4, -0.2) is 55.3 Å². The summed E-state index contributed by atoms with van der Waals surface area (Å²) in [6.45, 7) is 5.14. The number of nitrogens with zero attached hydrogens (tertiary/aromatic N) is 3. The molecule has 1 saturated heterocycles. The van der Waals surface area contributed by atoms with Gasteiger partial charge in [0, 0.05) is 43.6 Å². The third-order valence-electron chi connectivity index (χ3n) is 4.63. The number of aromatic nitrogens is 1. The van der Waals surface area contributed by atoms with Crippen molar-refractivity contribution in [2.75, 3.05) is 44.7 Å². The zero-order chi connectivity index (χ0) is 18.1. The van der Waals surface area contributed by atoms with Crippen molar-refractivity contribution in [1.82, 2.24) is 9.47 Å². The number of likely N-dealkylation sites (N-methyl/N-ethyl adjacent to an activating group) is 1. The molecule has 134 valence electrons. The molecule has 1 fully saturated rings. The number of ether oxygens (including phenoxy) is 1. The number of pyridine rings is 1. The topological polar surface area (TPSA) is 54.8 Å². The van der Waals surface area contributed by atoms with Crippen LogP contribution in [0.4, 0.5) is 5.69 Å². The summed E-state index contributed by atoms with van der Waals surface area (Å²) in [6, 6.07) is 5.38. The molecule has 0 N–H and O–H groups in total. The van der Waals surface area contributed by atoms with Gasteiger partial charge in [-0.3, -0.25) is 4.79 Å². The van der Waals surface area contributed by atoms with Gasteiger partial charge in [-0.2, -0.15) is 0 Å². The van der Waals surface area contributed by atoms with Crippen molar-refractivity contribution in [3.05, 3.63) is 39.1 Å². The van der Waals surface area contributed by atoms with E-state index in [-0.39, 0.29) is 17.7 Å². The van der Waals surface area contributed by atoms with Crippen molar-refractivity contribution in [3.63, 3.8) is 0 Å². The lowest BCUT2D eigenvalue weighted by Crippen LogP contribution is -2.46. The highest BCUT2D eigenvalue weighted by molar-refractivity contribution is 6.31. The van der Waals surface area contributed by atoms with Crippen LogP contribution in [0.1, 0.15) is 17.3 Å². The minimum Gasteiger partial charge on any atom is -0.462 e. The number of rotatable bonds is 3. The average molecular weight is 364 g/mol. The molecular weight excluding hydrogens is 342 g/mol. The summed E-state index contributed by atoms with van der Waals surface area (Å²) < 4.78 is 6.66. The molecule has 0 spiro atoms. The fourth-order valence-corrected chi connectivity index (χ4v) is 3.42. The quantitative estimate of drug-likeness (QED) is 0.782. The summed E-state index contributed by atoms with van der Waals surface area (Å²) >= 11 is 6.21. The van der Waals surface area contributed by atoms with E-state index in [1.54, 1.807) is 20.0 Å². The number of anilines is 1. The lowest BCUT2D eigenvalue weighted by atomic mass is 10.1. The van der Waals surface area contributed by atoms with Gasteiger partial charge in [-0.25, -0.2) is 4.79 Å². The monoisotopic (exact) mass is 363 g/mol. The summed E-state index contributed by atoms with van der Waals surface area (Å²) in [5.41, 5.74) is 1.12. The molecule has 2 heterocycles. The molecule has 1 aliphatic heterocycles. The van der Waals surface area contributed by atoms with Crippen LogP contribution in [0.15, 0.2) is 23.0 Å². The van der Waals surface area contributed by atoms with Gasteiger partial charge in [0.1, 0.15) is 5.56 Å². The van der Waals surface area contributed by atoms with E-state index in [4.69, 9.17) is 16.3 Å². The predicted molar refractivity (Wildman–Crippen MR) is 99.9 cm³/mol. The minimum atomic E-state index is -0.584. The molecule has 1 aromatic carbocycles. The van der Waals surface area contributed by atoms with Crippen molar-refractivity contribution in [3.8, 4) is 0 Å². The second kappa shape index (κ2) is 7.06. The number of carbonyl (C=O) groups excluding carboxylic acids is 1. The molecule has 2 aromatic rings. The van der Waals surface area contributed by atoms with Gasteiger partial charge in [-0.05, 0) is 32.2 Å². The smallest absolute Gasteiger partial charge is 0.345 e. The number of esters is 1. The maximum atomic E-state index is 12.9. The van der Waals surface area contributed by atoms with Crippen LogP contribution in [0.5, 0.6) is 0 Å². The summed E-state index contributed by atoms with van der Waals surface area (Å²) in [7, 11) is 3.72. The van der Waals surface area contributed by atoms with Gasteiger partial charge in [-0.15, -0.1) is 0 Å². The SMILES string of the molecule is CCOC(=O)c1c(N2CCN(C)CC2)c2cc(Cl)ccc2n(C)c1=O. The van der Waals surface area contributed by atoms with Gasteiger partial charge < -0.3 is 19.1 Å². The van der Waals surface area contributed by atoms with E-state index >= 15 is 0 Å². The Kier molecular flexibility index (Phi) is 5.01. The van der Waals surface area contributed by atoms with Crippen LogP contribution >= 0.6 is 11.6 Å². The molecule has 0 amide bonds. The number of carbonyl (C=O) groups is 1. The van der Waals surface area contributed by atoms with E-state index in [1.165, 1.54) is 4.57 Å². The molecule has 1 aliphatic rings. The Balaban J connectivity index is 2.30. The number of halogens is 1. The van der Waals surface area contributed by atoms with Crippen LogP contribution < -0.4 is 10.5 Å². The zero-order valence-electron chi connectivity index (χ0n) is 14.7. The number of fused-ring (bicyclic) bond motifs is 1. The molecule has 7 heteroatoms. The van der Waals surface area contributed by atoms with E-state index in [2.05, 4.69) is 16.8 Å². The van der Waals surface area contributed by atoms with Crippen LogP contribution in [0.3, 0.4) is 0 Å². The van der Waals surface area contributed by atoms with Crippen molar-refractivity contribution < 1.29 is 9.53 Å². The zero-order valence-corrected chi connectivity index (χ0v) is 15.5. The Morgan fingerprint density at radius 1 is 1.20 bits per heavy atom. The molecule has 0 unspecified atom stereocenters. The highest BCUT2D eigenvalue weighted by Crippen LogP contribution is 2.32. The van der Waals surface area contributed by atoms with Crippen LogP contribution in [0.2, 0.25) is 5.02 Å². The van der Waals surface area contributed by atoms with Gasteiger partial charge in [0.15, 0.2) is 0 Å². The second-order valence-corrected chi connectivity index (χ2v) is 6.70. The molecule has 1 aromatic heterocycles. The first-order chi connectivity index (χ1) is 11.9. The fraction of sp³-hybridized carbons (Fsp3) is 0.444. The van der Waals surface area contributed by atoms with Crippen molar-refractivity contribution in [2.45, 2.75) is 6.92 Å². The van der Waals surface area contributed by atoms with Crippen LogP contribution in [0.25, 0.3) is 10.9 Å². The standard InChI is InChI=1S/C18H22ClN3O3/c1-4-25-18(24)15-16(22-9-7-20(2)8-10-22)13-11-12(19)5-6-14(13)21(3)17(15)23/h5-6,11H,4,7-10H2,1-3H3. The highest BCUT2D eigenvalue weighted by Gasteiger charge is 2.27. The molecule has 0 bridgehead atoms. The van der Waals surface area contributed by atoms with E-state index in [1.807, 2.05) is 12.1 Å². The number of hydrogen-bond acceptors (Lipinski definition) is 5.